The molecule has 1 aromatic carbocycles. The Labute approximate surface area is 161 Å². The average molecular weight is 399 g/mol. The zero-order valence-corrected chi connectivity index (χ0v) is 16.6. The molecule has 2 heterocycles. The largest absolute Gasteiger partial charge is 0.342 e. The highest BCUT2D eigenvalue weighted by molar-refractivity contribution is 7.88. The molecule has 2 aliphatic heterocycles. The maximum Gasteiger partial charge on any atom is 0.225 e. The molecule has 0 radical (unpaired) electrons. The van der Waals surface area contributed by atoms with Gasteiger partial charge >= 0.3 is 0 Å². The first-order valence-electron chi connectivity index (χ1n) is 9.47. The molecular weight excluding hydrogens is 372 g/mol. The third-order valence-corrected chi connectivity index (χ3v) is 7.48. The van der Waals surface area contributed by atoms with E-state index >= 15 is 0 Å². The van der Waals surface area contributed by atoms with Crippen molar-refractivity contribution < 1.29 is 13.2 Å². The molecule has 0 atom stereocenters. The molecule has 0 N–H and O–H groups in total. The molecule has 0 bridgehead atoms. The smallest absolute Gasteiger partial charge is 0.225 e. The van der Waals surface area contributed by atoms with Crippen LogP contribution in [0.2, 0.25) is 5.02 Å². The normalized spacial score (nSPS) is 20.7. The summed E-state index contributed by atoms with van der Waals surface area (Å²) >= 11 is 5.86. The third kappa shape index (κ3) is 4.99. The Kier molecular flexibility index (Phi) is 6.59. The van der Waals surface area contributed by atoms with Gasteiger partial charge in [0.25, 0.3) is 0 Å². The van der Waals surface area contributed by atoms with Crippen LogP contribution in [0.3, 0.4) is 0 Å². The Hall–Kier alpha value is -1.11. The number of likely N-dealkylation sites (tertiary alicyclic amines) is 1. The van der Waals surface area contributed by atoms with E-state index in [2.05, 4.69) is 0 Å². The molecule has 7 heteroatoms. The van der Waals surface area contributed by atoms with E-state index in [4.69, 9.17) is 11.6 Å². The number of nitrogens with zero attached hydrogens (tertiary/aromatic N) is 2. The van der Waals surface area contributed by atoms with Gasteiger partial charge in [-0.25, -0.2) is 12.7 Å². The van der Waals surface area contributed by atoms with Crippen molar-refractivity contribution in [1.82, 2.24) is 9.21 Å². The van der Waals surface area contributed by atoms with Gasteiger partial charge in [-0.2, -0.15) is 0 Å². The number of benzene rings is 1. The lowest BCUT2D eigenvalue weighted by Gasteiger charge is -2.33. The Balaban J connectivity index is 1.55. The van der Waals surface area contributed by atoms with Gasteiger partial charge in [0.05, 0.1) is 5.75 Å². The van der Waals surface area contributed by atoms with Crippen molar-refractivity contribution in [1.29, 1.82) is 0 Å². The highest BCUT2D eigenvalue weighted by atomic mass is 35.5. The van der Waals surface area contributed by atoms with E-state index in [9.17, 15) is 13.2 Å². The van der Waals surface area contributed by atoms with Gasteiger partial charge in [-0.15, -0.1) is 0 Å². The molecule has 1 aromatic rings. The van der Waals surface area contributed by atoms with Crippen LogP contribution in [0.5, 0.6) is 0 Å². The fourth-order valence-corrected chi connectivity index (χ4v) is 5.50. The number of hydrogen-bond acceptors (Lipinski definition) is 3. The minimum absolute atomic E-state index is 0.0189. The molecule has 0 unspecified atom stereocenters. The predicted octanol–water partition coefficient (Wildman–Crippen LogP) is 3.28. The molecule has 5 nitrogen and oxygen atoms in total. The van der Waals surface area contributed by atoms with Crippen LogP contribution in [0, 0.1) is 5.92 Å². The first-order valence-corrected chi connectivity index (χ1v) is 11.5. The lowest BCUT2D eigenvalue weighted by atomic mass is 9.96. The van der Waals surface area contributed by atoms with Gasteiger partial charge in [-0.05, 0) is 43.4 Å². The Morgan fingerprint density at radius 2 is 1.54 bits per heavy atom. The van der Waals surface area contributed by atoms with Crippen LogP contribution in [0.1, 0.15) is 44.1 Å². The number of amides is 1. The summed E-state index contributed by atoms with van der Waals surface area (Å²) in [5, 5.41) is 0.596. The highest BCUT2D eigenvalue weighted by Gasteiger charge is 2.33. The van der Waals surface area contributed by atoms with E-state index in [0.29, 0.717) is 31.0 Å². The van der Waals surface area contributed by atoms with E-state index < -0.39 is 10.0 Å². The van der Waals surface area contributed by atoms with Crippen molar-refractivity contribution >= 4 is 27.5 Å². The maximum atomic E-state index is 12.7. The van der Waals surface area contributed by atoms with Gasteiger partial charge in [0.1, 0.15) is 0 Å². The van der Waals surface area contributed by atoms with Crippen LogP contribution < -0.4 is 0 Å². The van der Waals surface area contributed by atoms with Crippen LogP contribution in [-0.2, 0) is 20.6 Å². The second kappa shape index (κ2) is 8.72. The lowest BCUT2D eigenvalue weighted by Crippen LogP contribution is -2.44. The molecule has 26 heavy (non-hydrogen) atoms. The third-order valence-electron chi connectivity index (χ3n) is 5.38. The number of halogens is 1. The molecule has 0 saturated carbocycles. The van der Waals surface area contributed by atoms with Gasteiger partial charge in [0.15, 0.2) is 0 Å². The highest BCUT2D eigenvalue weighted by Crippen LogP contribution is 2.25. The number of sulfonamides is 1. The fourth-order valence-electron chi connectivity index (χ4n) is 3.81. The second-order valence-corrected chi connectivity index (χ2v) is 9.70. The van der Waals surface area contributed by atoms with E-state index in [-0.39, 0.29) is 17.6 Å². The van der Waals surface area contributed by atoms with Crippen molar-refractivity contribution in [2.24, 2.45) is 5.92 Å². The second-order valence-electron chi connectivity index (χ2n) is 7.30. The Morgan fingerprint density at radius 1 is 0.962 bits per heavy atom. The average Bonchev–Trinajstić information content (AvgIpc) is 2.92. The SMILES string of the molecule is O=C(C1CCN(S(=O)(=O)Cc2ccc(Cl)cc2)CC1)N1CCCCCC1. The molecular formula is C19H27ClN2O3S. The summed E-state index contributed by atoms with van der Waals surface area (Å²) in [6, 6.07) is 6.90. The van der Waals surface area contributed by atoms with Gasteiger partial charge < -0.3 is 4.90 Å². The van der Waals surface area contributed by atoms with Crippen molar-refractivity contribution in [2.75, 3.05) is 26.2 Å². The topological polar surface area (TPSA) is 57.7 Å². The molecule has 2 aliphatic rings. The number of piperidine rings is 1. The first-order chi connectivity index (χ1) is 12.5. The van der Waals surface area contributed by atoms with E-state index in [0.717, 1.165) is 31.5 Å². The quantitative estimate of drug-likeness (QED) is 0.781. The predicted molar refractivity (Wildman–Crippen MR) is 103 cm³/mol. The molecule has 3 rings (SSSR count). The van der Waals surface area contributed by atoms with Crippen molar-refractivity contribution in [3.8, 4) is 0 Å². The number of carbonyl (C=O) groups is 1. The number of hydrogen-bond donors (Lipinski definition) is 0. The summed E-state index contributed by atoms with van der Waals surface area (Å²) in [5.41, 5.74) is 0.733. The van der Waals surface area contributed by atoms with E-state index in [1.54, 1.807) is 24.3 Å². The van der Waals surface area contributed by atoms with Crippen LogP contribution in [0.4, 0.5) is 0 Å². The summed E-state index contributed by atoms with van der Waals surface area (Å²) < 4.78 is 26.9. The summed E-state index contributed by atoms with van der Waals surface area (Å²) in [7, 11) is -3.36. The monoisotopic (exact) mass is 398 g/mol. The van der Waals surface area contributed by atoms with Crippen molar-refractivity contribution in [2.45, 2.75) is 44.3 Å². The van der Waals surface area contributed by atoms with Crippen LogP contribution in [0.15, 0.2) is 24.3 Å². The Morgan fingerprint density at radius 3 is 2.12 bits per heavy atom. The molecule has 0 aliphatic carbocycles. The van der Waals surface area contributed by atoms with Crippen LogP contribution >= 0.6 is 11.6 Å². The molecule has 0 aromatic heterocycles. The maximum absolute atomic E-state index is 12.7. The molecule has 0 spiro atoms. The lowest BCUT2D eigenvalue weighted by molar-refractivity contribution is -0.136. The standard InChI is InChI=1S/C19H27ClN2O3S/c20-18-7-5-16(6-8-18)15-26(24,25)22-13-9-17(10-14-22)19(23)21-11-3-1-2-4-12-21/h5-8,17H,1-4,9-15H2. The molecule has 1 amide bonds. The summed E-state index contributed by atoms with van der Waals surface area (Å²) in [5.74, 6) is 0.172. The summed E-state index contributed by atoms with van der Waals surface area (Å²) in [6.45, 7) is 2.57. The first kappa shape index (κ1) is 19.6. The zero-order valence-electron chi connectivity index (χ0n) is 15.1. The van der Waals surface area contributed by atoms with Crippen molar-refractivity contribution in [3.05, 3.63) is 34.9 Å². The molecule has 144 valence electrons. The summed E-state index contributed by atoms with van der Waals surface area (Å²) in [6.07, 6.45) is 5.81. The fraction of sp³-hybridized carbons (Fsp3) is 0.632. The number of carbonyl (C=O) groups excluding carboxylic acids is 1. The molecule has 2 fully saturated rings. The minimum Gasteiger partial charge on any atom is -0.342 e. The van der Waals surface area contributed by atoms with Crippen LogP contribution in [-0.4, -0.2) is 49.7 Å². The Bertz CT molecular complexity index is 705. The van der Waals surface area contributed by atoms with Gasteiger partial charge in [-0.3, -0.25) is 4.79 Å². The van der Waals surface area contributed by atoms with E-state index in [1.807, 2.05) is 4.90 Å². The number of rotatable bonds is 4. The van der Waals surface area contributed by atoms with Gasteiger partial charge in [-0.1, -0.05) is 36.6 Å². The van der Waals surface area contributed by atoms with E-state index in [1.165, 1.54) is 17.1 Å². The van der Waals surface area contributed by atoms with Gasteiger partial charge in [0.2, 0.25) is 15.9 Å². The minimum atomic E-state index is -3.36. The van der Waals surface area contributed by atoms with Crippen molar-refractivity contribution in [3.63, 3.8) is 0 Å². The summed E-state index contributed by atoms with van der Waals surface area (Å²) in [4.78, 5) is 14.7. The zero-order chi connectivity index (χ0) is 18.6. The van der Waals surface area contributed by atoms with Crippen LogP contribution in [0.25, 0.3) is 0 Å². The van der Waals surface area contributed by atoms with Gasteiger partial charge in [0, 0.05) is 37.1 Å². The molecule has 2 saturated heterocycles.